The summed E-state index contributed by atoms with van der Waals surface area (Å²) in [5.41, 5.74) is 0.862. The fraction of sp³-hybridized carbons (Fsp3) is 0.643. The van der Waals surface area contributed by atoms with Gasteiger partial charge in [-0.05, 0) is 43.8 Å². The molecule has 2 aliphatic rings. The maximum absolute atomic E-state index is 4.59. The van der Waals surface area contributed by atoms with E-state index in [2.05, 4.69) is 26.1 Å². The average Bonchev–Trinajstić information content (AvgIpc) is 3.38. The van der Waals surface area contributed by atoms with Crippen LogP contribution in [0.4, 0.5) is 5.82 Å². The Kier molecular flexibility index (Phi) is 3.30. The molecule has 0 atom stereocenters. The van der Waals surface area contributed by atoms with Gasteiger partial charge in [-0.1, -0.05) is 11.8 Å². The monoisotopic (exact) mass is 306 g/mol. The fourth-order valence-corrected chi connectivity index (χ4v) is 4.04. The molecule has 4 nitrogen and oxygen atoms in total. The number of anilines is 1. The van der Waals surface area contributed by atoms with Gasteiger partial charge < -0.3 is 4.90 Å². The lowest BCUT2D eigenvalue weighted by molar-refractivity contribution is 0.673. The summed E-state index contributed by atoms with van der Waals surface area (Å²) in [5.74, 6) is 2.88. The molecule has 0 aliphatic heterocycles. The van der Waals surface area contributed by atoms with Gasteiger partial charge >= 0.3 is 0 Å². The highest BCUT2D eigenvalue weighted by Crippen LogP contribution is 2.38. The number of rotatable bonds is 6. The molecule has 0 radical (unpaired) electrons. The molecule has 0 spiro atoms. The molecular formula is C14H18N4S2. The molecule has 20 heavy (non-hydrogen) atoms. The van der Waals surface area contributed by atoms with E-state index in [0.717, 1.165) is 45.4 Å². The van der Waals surface area contributed by atoms with Crippen LogP contribution in [-0.2, 0) is 0 Å². The van der Waals surface area contributed by atoms with E-state index in [1.165, 1.54) is 25.7 Å². The molecule has 2 saturated carbocycles. The number of nitrogens with zero attached hydrogens (tertiary/aromatic N) is 4. The van der Waals surface area contributed by atoms with E-state index in [9.17, 15) is 0 Å². The standard InChI is InChI=1S/C14H18N4S2/c1-19-14-17-12-11(20-14)13(16-8-15-12)18(6-9-2-3-9)7-10-4-5-10/h8-10H,2-7H2,1H3. The number of thiazole rings is 1. The highest BCUT2D eigenvalue weighted by atomic mass is 32.2. The molecule has 0 N–H and O–H groups in total. The quantitative estimate of drug-likeness (QED) is 0.765. The van der Waals surface area contributed by atoms with Crippen molar-refractivity contribution in [3.8, 4) is 0 Å². The number of hydrogen-bond donors (Lipinski definition) is 0. The molecule has 0 saturated heterocycles. The highest BCUT2D eigenvalue weighted by Gasteiger charge is 2.31. The average molecular weight is 306 g/mol. The number of thioether (sulfide) groups is 1. The minimum absolute atomic E-state index is 0.862. The SMILES string of the molecule is CSc1nc2ncnc(N(CC3CC3)CC3CC3)c2s1. The lowest BCUT2D eigenvalue weighted by Gasteiger charge is -2.23. The van der Waals surface area contributed by atoms with Gasteiger partial charge in [0.1, 0.15) is 11.0 Å². The van der Waals surface area contributed by atoms with Crippen molar-refractivity contribution < 1.29 is 0 Å². The maximum atomic E-state index is 4.59. The second-order valence-electron chi connectivity index (χ2n) is 5.83. The Hall–Kier alpha value is -0.880. The normalized spacial score (nSPS) is 18.6. The van der Waals surface area contributed by atoms with Crippen molar-refractivity contribution in [1.29, 1.82) is 0 Å². The molecule has 2 aromatic rings. The second-order valence-corrected chi connectivity index (χ2v) is 7.88. The Morgan fingerprint density at radius 3 is 2.50 bits per heavy atom. The molecule has 2 heterocycles. The van der Waals surface area contributed by atoms with Crippen LogP contribution in [0.25, 0.3) is 10.3 Å². The Morgan fingerprint density at radius 2 is 1.90 bits per heavy atom. The van der Waals surface area contributed by atoms with Gasteiger partial charge in [-0.3, -0.25) is 0 Å². The van der Waals surface area contributed by atoms with E-state index >= 15 is 0 Å². The first-order valence-corrected chi connectivity index (χ1v) is 9.28. The van der Waals surface area contributed by atoms with Crippen LogP contribution in [0.5, 0.6) is 0 Å². The van der Waals surface area contributed by atoms with E-state index in [4.69, 9.17) is 0 Å². The first kappa shape index (κ1) is 12.8. The highest BCUT2D eigenvalue weighted by molar-refractivity contribution is 8.00. The zero-order valence-electron chi connectivity index (χ0n) is 11.6. The lowest BCUT2D eigenvalue weighted by Crippen LogP contribution is -2.29. The third-order valence-electron chi connectivity index (χ3n) is 3.98. The van der Waals surface area contributed by atoms with Gasteiger partial charge in [0.15, 0.2) is 15.8 Å². The second kappa shape index (κ2) is 5.15. The van der Waals surface area contributed by atoms with Gasteiger partial charge in [0.05, 0.1) is 0 Å². The van der Waals surface area contributed by atoms with E-state index in [1.807, 2.05) is 0 Å². The van der Waals surface area contributed by atoms with Crippen LogP contribution in [0.1, 0.15) is 25.7 Å². The van der Waals surface area contributed by atoms with Crippen molar-refractivity contribution in [3.05, 3.63) is 6.33 Å². The molecule has 106 valence electrons. The van der Waals surface area contributed by atoms with Gasteiger partial charge in [-0.25, -0.2) is 15.0 Å². The van der Waals surface area contributed by atoms with Crippen LogP contribution in [-0.4, -0.2) is 34.3 Å². The van der Waals surface area contributed by atoms with Crippen LogP contribution >= 0.6 is 23.1 Å². The molecule has 0 unspecified atom stereocenters. The van der Waals surface area contributed by atoms with Crippen LogP contribution in [0.15, 0.2) is 10.7 Å². The molecule has 0 bridgehead atoms. The van der Waals surface area contributed by atoms with Gasteiger partial charge in [-0.15, -0.1) is 11.3 Å². The minimum atomic E-state index is 0.862. The summed E-state index contributed by atoms with van der Waals surface area (Å²) in [6, 6.07) is 0. The summed E-state index contributed by atoms with van der Waals surface area (Å²) in [7, 11) is 0. The fourth-order valence-electron chi connectivity index (χ4n) is 2.51. The molecule has 2 aliphatic carbocycles. The summed E-state index contributed by atoms with van der Waals surface area (Å²) in [6.45, 7) is 2.32. The largest absolute Gasteiger partial charge is 0.355 e. The minimum Gasteiger partial charge on any atom is -0.355 e. The predicted octanol–water partition coefficient (Wildman–Crippen LogP) is 3.43. The van der Waals surface area contributed by atoms with Gasteiger partial charge in [0.2, 0.25) is 0 Å². The van der Waals surface area contributed by atoms with Crippen LogP contribution in [0.2, 0.25) is 0 Å². The Labute approximate surface area is 127 Å². The zero-order valence-corrected chi connectivity index (χ0v) is 13.2. The number of fused-ring (bicyclic) bond motifs is 1. The number of hydrogen-bond acceptors (Lipinski definition) is 6. The smallest absolute Gasteiger partial charge is 0.176 e. The van der Waals surface area contributed by atoms with Gasteiger partial charge in [-0.2, -0.15) is 0 Å². The summed E-state index contributed by atoms with van der Waals surface area (Å²) in [5, 5.41) is 0. The molecule has 0 aromatic carbocycles. The molecule has 2 aromatic heterocycles. The first-order valence-electron chi connectivity index (χ1n) is 7.24. The van der Waals surface area contributed by atoms with E-state index in [1.54, 1.807) is 29.4 Å². The molecule has 6 heteroatoms. The molecule has 4 rings (SSSR count). The van der Waals surface area contributed by atoms with Crippen molar-refractivity contribution in [2.75, 3.05) is 24.2 Å². The molecule has 0 amide bonds. The zero-order chi connectivity index (χ0) is 13.5. The summed E-state index contributed by atoms with van der Waals surface area (Å²) in [4.78, 5) is 16.0. The predicted molar refractivity (Wildman–Crippen MR) is 84.7 cm³/mol. The van der Waals surface area contributed by atoms with Crippen molar-refractivity contribution in [2.24, 2.45) is 11.8 Å². The summed E-state index contributed by atoms with van der Waals surface area (Å²) < 4.78 is 2.25. The van der Waals surface area contributed by atoms with Crippen LogP contribution < -0.4 is 4.90 Å². The Balaban J connectivity index is 1.70. The maximum Gasteiger partial charge on any atom is 0.176 e. The third kappa shape index (κ3) is 2.63. The lowest BCUT2D eigenvalue weighted by atomic mass is 10.3. The summed E-state index contributed by atoms with van der Waals surface area (Å²) in [6.07, 6.45) is 9.27. The van der Waals surface area contributed by atoms with Crippen LogP contribution in [0.3, 0.4) is 0 Å². The van der Waals surface area contributed by atoms with Gasteiger partial charge in [0, 0.05) is 13.1 Å². The van der Waals surface area contributed by atoms with Gasteiger partial charge in [0.25, 0.3) is 0 Å². The van der Waals surface area contributed by atoms with Crippen molar-refractivity contribution in [2.45, 2.75) is 30.0 Å². The van der Waals surface area contributed by atoms with Crippen molar-refractivity contribution in [3.63, 3.8) is 0 Å². The summed E-state index contributed by atoms with van der Waals surface area (Å²) >= 11 is 3.42. The third-order valence-corrected chi connectivity index (χ3v) is 6.00. The Morgan fingerprint density at radius 1 is 1.20 bits per heavy atom. The molecule has 2 fully saturated rings. The van der Waals surface area contributed by atoms with E-state index in [0.29, 0.717) is 0 Å². The molecular weight excluding hydrogens is 288 g/mol. The van der Waals surface area contributed by atoms with E-state index in [-0.39, 0.29) is 0 Å². The van der Waals surface area contributed by atoms with Crippen molar-refractivity contribution >= 4 is 39.3 Å². The number of aromatic nitrogens is 3. The Bertz CT molecular complexity index is 605. The van der Waals surface area contributed by atoms with Crippen LogP contribution in [0, 0.1) is 11.8 Å². The van der Waals surface area contributed by atoms with E-state index < -0.39 is 0 Å². The first-order chi connectivity index (χ1) is 9.83. The van der Waals surface area contributed by atoms with Crippen molar-refractivity contribution in [1.82, 2.24) is 15.0 Å². The topological polar surface area (TPSA) is 41.9 Å².